The molecular formula is C18H20ClN3O. The summed E-state index contributed by atoms with van der Waals surface area (Å²) in [6, 6.07) is 14.8. The van der Waals surface area contributed by atoms with Crippen LogP contribution in [0.25, 0.3) is 11.0 Å². The van der Waals surface area contributed by atoms with Crippen molar-refractivity contribution in [2.75, 3.05) is 19.6 Å². The monoisotopic (exact) mass is 329 g/mol. The molecule has 23 heavy (non-hydrogen) atoms. The number of furan rings is 1. The summed E-state index contributed by atoms with van der Waals surface area (Å²) in [5.74, 6) is 1.02. The van der Waals surface area contributed by atoms with E-state index in [0.29, 0.717) is 6.04 Å². The fraction of sp³-hybridized carbons (Fsp3) is 0.278. The molecule has 1 fully saturated rings. The average Bonchev–Trinajstić information content (AvgIpc) is 2.98. The molecule has 1 N–H and O–H groups in total. The van der Waals surface area contributed by atoms with E-state index in [2.05, 4.69) is 33.4 Å². The molecule has 0 amide bonds. The highest BCUT2D eigenvalue weighted by Crippen LogP contribution is 2.26. The lowest BCUT2D eigenvalue weighted by Gasteiger charge is -2.35. The summed E-state index contributed by atoms with van der Waals surface area (Å²) in [5.41, 5.74) is 2.22. The fourth-order valence-electron chi connectivity index (χ4n) is 3.15. The van der Waals surface area contributed by atoms with Gasteiger partial charge < -0.3 is 9.73 Å². The van der Waals surface area contributed by atoms with Crippen LogP contribution in [0.5, 0.6) is 0 Å². The number of para-hydroxylation sites is 1. The number of nitrogens with one attached hydrogen (secondary N) is 1. The lowest BCUT2D eigenvalue weighted by atomic mass is 10.1. The minimum atomic E-state index is 0. The highest BCUT2D eigenvalue weighted by atomic mass is 35.5. The van der Waals surface area contributed by atoms with Gasteiger partial charge in [-0.05, 0) is 23.8 Å². The maximum atomic E-state index is 5.98. The van der Waals surface area contributed by atoms with E-state index >= 15 is 0 Å². The summed E-state index contributed by atoms with van der Waals surface area (Å²) >= 11 is 0. The van der Waals surface area contributed by atoms with Crippen LogP contribution in [0.15, 0.2) is 59.3 Å². The Hall–Kier alpha value is -1.88. The Morgan fingerprint density at radius 1 is 1.22 bits per heavy atom. The van der Waals surface area contributed by atoms with Gasteiger partial charge in [0.05, 0.1) is 6.54 Å². The molecule has 4 nitrogen and oxygen atoms in total. The van der Waals surface area contributed by atoms with E-state index in [-0.39, 0.29) is 12.4 Å². The number of pyridine rings is 1. The van der Waals surface area contributed by atoms with Crippen molar-refractivity contribution in [3.05, 3.63) is 66.2 Å². The molecule has 2 aromatic heterocycles. The first-order chi connectivity index (χ1) is 10.9. The first-order valence-corrected chi connectivity index (χ1v) is 7.72. The third-order valence-electron chi connectivity index (χ3n) is 4.26. The number of rotatable bonds is 3. The fourth-order valence-corrected chi connectivity index (χ4v) is 3.15. The van der Waals surface area contributed by atoms with Gasteiger partial charge >= 0.3 is 0 Å². The molecule has 4 rings (SSSR count). The zero-order valence-electron chi connectivity index (χ0n) is 12.8. The summed E-state index contributed by atoms with van der Waals surface area (Å²) < 4.78 is 5.98. The zero-order chi connectivity index (χ0) is 14.8. The number of fused-ring (bicyclic) bond motifs is 1. The Morgan fingerprint density at radius 2 is 2.13 bits per heavy atom. The van der Waals surface area contributed by atoms with Crippen LogP contribution in [0.3, 0.4) is 0 Å². The quantitative estimate of drug-likeness (QED) is 0.799. The topological polar surface area (TPSA) is 41.3 Å². The first kappa shape index (κ1) is 16.0. The van der Waals surface area contributed by atoms with E-state index in [9.17, 15) is 0 Å². The van der Waals surface area contributed by atoms with Crippen molar-refractivity contribution in [1.29, 1.82) is 0 Å². The van der Waals surface area contributed by atoms with Gasteiger partial charge in [-0.3, -0.25) is 9.88 Å². The van der Waals surface area contributed by atoms with Crippen molar-refractivity contribution >= 4 is 23.4 Å². The van der Waals surface area contributed by atoms with E-state index in [1.54, 1.807) is 0 Å². The van der Waals surface area contributed by atoms with Crippen LogP contribution in [0.2, 0.25) is 0 Å². The molecule has 1 saturated heterocycles. The Balaban J connectivity index is 0.00000156. The van der Waals surface area contributed by atoms with Gasteiger partial charge in [-0.2, -0.15) is 0 Å². The van der Waals surface area contributed by atoms with Gasteiger partial charge in [-0.1, -0.05) is 24.3 Å². The Kier molecular flexibility index (Phi) is 4.96. The molecular weight excluding hydrogens is 310 g/mol. The van der Waals surface area contributed by atoms with Crippen molar-refractivity contribution < 1.29 is 4.42 Å². The summed E-state index contributed by atoms with van der Waals surface area (Å²) in [7, 11) is 0. The highest BCUT2D eigenvalue weighted by Gasteiger charge is 2.24. The van der Waals surface area contributed by atoms with Gasteiger partial charge in [0, 0.05) is 43.5 Å². The lowest BCUT2D eigenvalue weighted by molar-refractivity contribution is 0.143. The van der Waals surface area contributed by atoms with Crippen LogP contribution in [-0.4, -0.2) is 29.5 Å². The summed E-state index contributed by atoms with van der Waals surface area (Å²) in [5, 5.41) is 4.65. The summed E-state index contributed by atoms with van der Waals surface area (Å²) in [6.07, 6.45) is 3.78. The van der Waals surface area contributed by atoms with Crippen LogP contribution >= 0.6 is 12.4 Å². The van der Waals surface area contributed by atoms with E-state index in [4.69, 9.17) is 4.42 Å². The average molecular weight is 330 g/mol. The lowest BCUT2D eigenvalue weighted by Crippen LogP contribution is -2.45. The van der Waals surface area contributed by atoms with Crippen LogP contribution in [0.4, 0.5) is 0 Å². The number of benzene rings is 1. The van der Waals surface area contributed by atoms with Crippen molar-refractivity contribution in [2.24, 2.45) is 0 Å². The predicted molar refractivity (Wildman–Crippen MR) is 93.7 cm³/mol. The van der Waals surface area contributed by atoms with E-state index in [1.807, 2.05) is 36.7 Å². The third-order valence-corrected chi connectivity index (χ3v) is 4.26. The van der Waals surface area contributed by atoms with E-state index in [1.165, 1.54) is 10.9 Å². The molecule has 1 unspecified atom stereocenters. The molecule has 0 spiro atoms. The molecule has 3 heterocycles. The molecule has 1 aliphatic rings. The molecule has 0 bridgehead atoms. The molecule has 1 aromatic carbocycles. The minimum Gasteiger partial charge on any atom is -0.460 e. The number of aromatic nitrogens is 1. The Bertz CT molecular complexity index is 726. The molecule has 1 aliphatic heterocycles. The van der Waals surface area contributed by atoms with Gasteiger partial charge in [0.2, 0.25) is 0 Å². The standard InChI is InChI=1S/C18H19N3O.ClH/c1-2-6-18-14(4-1)10-16(22-18)13-21-9-8-20-12-17(21)15-5-3-7-19-11-15;/h1-7,10-11,17,20H,8-9,12-13H2;1H. The predicted octanol–water partition coefficient (Wildman–Crippen LogP) is 3.40. The zero-order valence-corrected chi connectivity index (χ0v) is 13.6. The van der Waals surface area contributed by atoms with Gasteiger partial charge in [0.1, 0.15) is 11.3 Å². The van der Waals surface area contributed by atoms with Gasteiger partial charge in [0.25, 0.3) is 0 Å². The SMILES string of the molecule is Cl.c1cncc(C2CNCCN2Cc2cc3ccccc3o2)c1. The number of hydrogen-bond acceptors (Lipinski definition) is 4. The maximum Gasteiger partial charge on any atom is 0.134 e. The Labute approximate surface area is 141 Å². The van der Waals surface area contributed by atoms with E-state index in [0.717, 1.165) is 37.5 Å². The Morgan fingerprint density at radius 3 is 2.96 bits per heavy atom. The number of nitrogens with zero attached hydrogens (tertiary/aromatic N) is 2. The van der Waals surface area contributed by atoms with Crippen LogP contribution < -0.4 is 5.32 Å². The third kappa shape index (κ3) is 3.39. The molecule has 5 heteroatoms. The van der Waals surface area contributed by atoms with Crippen LogP contribution in [-0.2, 0) is 6.54 Å². The molecule has 3 aromatic rings. The highest BCUT2D eigenvalue weighted by molar-refractivity contribution is 5.85. The van der Waals surface area contributed by atoms with Crippen molar-refractivity contribution in [2.45, 2.75) is 12.6 Å². The number of piperazine rings is 1. The largest absolute Gasteiger partial charge is 0.460 e. The number of hydrogen-bond donors (Lipinski definition) is 1. The summed E-state index contributed by atoms with van der Waals surface area (Å²) in [6.45, 7) is 3.80. The molecule has 1 atom stereocenters. The maximum absolute atomic E-state index is 5.98. The normalized spacial score (nSPS) is 18.7. The van der Waals surface area contributed by atoms with Crippen molar-refractivity contribution in [1.82, 2.24) is 15.2 Å². The van der Waals surface area contributed by atoms with Crippen LogP contribution in [0.1, 0.15) is 17.4 Å². The first-order valence-electron chi connectivity index (χ1n) is 7.72. The number of halogens is 1. The van der Waals surface area contributed by atoms with Crippen LogP contribution in [0, 0.1) is 0 Å². The second kappa shape index (κ2) is 7.13. The molecule has 0 aliphatic carbocycles. The van der Waals surface area contributed by atoms with E-state index < -0.39 is 0 Å². The summed E-state index contributed by atoms with van der Waals surface area (Å²) in [4.78, 5) is 6.72. The molecule has 120 valence electrons. The molecule has 0 radical (unpaired) electrons. The van der Waals surface area contributed by atoms with Crippen molar-refractivity contribution in [3.63, 3.8) is 0 Å². The van der Waals surface area contributed by atoms with Crippen molar-refractivity contribution in [3.8, 4) is 0 Å². The van der Waals surface area contributed by atoms with Gasteiger partial charge in [0.15, 0.2) is 0 Å². The van der Waals surface area contributed by atoms with Gasteiger partial charge in [-0.25, -0.2) is 0 Å². The smallest absolute Gasteiger partial charge is 0.134 e. The minimum absolute atomic E-state index is 0. The second-order valence-corrected chi connectivity index (χ2v) is 5.73. The van der Waals surface area contributed by atoms with Gasteiger partial charge in [-0.15, -0.1) is 12.4 Å². The molecule has 0 saturated carbocycles. The second-order valence-electron chi connectivity index (χ2n) is 5.73.